The largest absolute Gasteiger partial charge is 0.497 e. The fraction of sp³-hybridized carbons (Fsp3) is 0.435. The molecule has 1 fully saturated rings. The molecular weight excluding hydrogens is 402 g/mol. The van der Waals surface area contributed by atoms with Gasteiger partial charge in [-0.25, -0.2) is 8.42 Å². The number of ether oxygens (including phenoxy) is 2. The molecule has 2 aliphatic rings. The van der Waals surface area contributed by atoms with E-state index in [1.807, 2.05) is 19.1 Å². The number of rotatable bonds is 4. The minimum Gasteiger partial charge on any atom is -0.497 e. The van der Waals surface area contributed by atoms with E-state index in [1.165, 1.54) is 4.90 Å². The first-order valence-electron chi connectivity index (χ1n) is 10.1. The normalized spacial score (nSPS) is 25.7. The molecule has 2 heterocycles. The van der Waals surface area contributed by atoms with Crippen LogP contribution in [0.5, 0.6) is 11.5 Å². The summed E-state index contributed by atoms with van der Waals surface area (Å²) in [5.41, 5.74) is 0.869. The second-order valence-electron chi connectivity index (χ2n) is 8.58. The zero-order valence-electron chi connectivity index (χ0n) is 17.9. The minimum atomic E-state index is -3.90. The third kappa shape index (κ3) is 3.07. The van der Waals surface area contributed by atoms with Crippen LogP contribution in [0, 0.1) is 0 Å². The number of fused-ring (bicyclic) bond motifs is 4. The van der Waals surface area contributed by atoms with Crippen LogP contribution in [0.1, 0.15) is 50.2 Å². The number of nitrogens with zero attached hydrogens (tertiary/aromatic N) is 1. The molecule has 160 valence electrons. The van der Waals surface area contributed by atoms with Crippen LogP contribution < -0.4 is 9.47 Å². The molecule has 6 nitrogen and oxygen atoms in total. The van der Waals surface area contributed by atoms with Gasteiger partial charge in [0, 0.05) is 25.5 Å². The van der Waals surface area contributed by atoms with Crippen LogP contribution in [0.25, 0.3) is 0 Å². The Morgan fingerprint density at radius 3 is 2.43 bits per heavy atom. The summed E-state index contributed by atoms with van der Waals surface area (Å²) in [6.07, 6.45) is 0.405. The van der Waals surface area contributed by atoms with E-state index in [2.05, 4.69) is 13.8 Å². The molecule has 0 spiro atoms. The fourth-order valence-corrected chi connectivity index (χ4v) is 6.35. The van der Waals surface area contributed by atoms with E-state index in [9.17, 15) is 13.2 Å². The van der Waals surface area contributed by atoms with Gasteiger partial charge in [-0.2, -0.15) is 0 Å². The Kier molecular flexibility index (Phi) is 4.84. The Morgan fingerprint density at radius 2 is 1.83 bits per heavy atom. The van der Waals surface area contributed by atoms with Gasteiger partial charge in [-0.05, 0) is 42.2 Å². The van der Waals surface area contributed by atoms with Gasteiger partial charge in [0.2, 0.25) is 5.91 Å². The molecule has 0 aliphatic carbocycles. The number of hydrogen-bond acceptors (Lipinski definition) is 5. The Balaban J connectivity index is 1.83. The van der Waals surface area contributed by atoms with E-state index >= 15 is 0 Å². The second kappa shape index (κ2) is 7.01. The number of benzene rings is 2. The lowest BCUT2D eigenvalue weighted by Crippen LogP contribution is -2.64. The Morgan fingerprint density at radius 1 is 1.17 bits per heavy atom. The maximum Gasteiger partial charge on any atom is 0.244 e. The molecule has 0 N–H and O–H groups in total. The third-order valence-electron chi connectivity index (χ3n) is 6.41. The fourth-order valence-electron chi connectivity index (χ4n) is 4.44. The van der Waals surface area contributed by atoms with Crippen molar-refractivity contribution in [1.82, 2.24) is 4.90 Å². The summed E-state index contributed by atoms with van der Waals surface area (Å²) >= 11 is 0. The van der Waals surface area contributed by atoms with Crippen LogP contribution in [-0.4, -0.2) is 44.4 Å². The van der Waals surface area contributed by atoms with Crippen molar-refractivity contribution in [1.29, 1.82) is 0 Å². The number of hydrogen-bond donors (Lipinski definition) is 0. The average molecular weight is 430 g/mol. The number of carbonyl (C=O) groups is 1. The highest BCUT2D eigenvalue weighted by Crippen LogP contribution is 2.50. The van der Waals surface area contributed by atoms with Crippen LogP contribution in [0.3, 0.4) is 0 Å². The van der Waals surface area contributed by atoms with Crippen molar-refractivity contribution in [3.63, 3.8) is 0 Å². The molecule has 2 aromatic rings. The van der Waals surface area contributed by atoms with Gasteiger partial charge < -0.3 is 14.4 Å². The molecule has 0 aromatic heterocycles. The van der Waals surface area contributed by atoms with Gasteiger partial charge in [-0.3, -0.25) is 4.79 Å². The quantitative estimate of drug-likeness (QED) is 0.741. The average Bonchev–Trinajstić information content (AvgIpc) is 2.71. The maximum absolute atomic E-state index is 13.6. The van der Waals surface area contributed by atoms with Gasteiger partial charge in [-0.15, -0.1) is 0 Å². The summed E-state index contributed by atoms with van der Waals surface area (Å²) in [7, 11) is -0.729. The summed E-state index contributed by atoms with van der Waals surface area (Å²) in [6, 6.07) is 12.2. The van der Waals surface area contributed by atoms with Gasteiger partial charge in [-0.1, -0.05) is 32.0 Å². The van der Waals surface area contributed by atoms with Gasteiger partial charge in [0.15, 0.2) is 20.8 Å². The lowest BCUT2D eigenvalue weighted by atomic mass is 9.80. The van der Waals surface area contributed by atoms with Crippen molar-refractivity contribution in [2.24, 2.45) is 0 Å². The van der Waals surface area contributed by atoms with Crippen LogP contribution in [0.4, 0.5) is 0 Å². The van der Waals surface area contributed by atoms with E-state index < -0.39 is 32.6 Å². The molecule has 4 rings (SSSR count). The summed E-state index contributed by atoms with van der Waals surface area (Å²) in [5, 5.41) is -1.20. The number of piperidine rings is 1. The second-order valence-corrected chi connectivity index (χ2v) is 10.6. The molecule has 0 saturated carbocycles. The molecule has 1 saturated heterocycles. The van der Waals surface area contributed by atoms with E-state index in [0.717, 1.165) is 11.1 Å². The first-order valence-corrected chi connectivity index (χ1v) is 11.6. The number of methoxy groups -OCH3 is 1. The van der Waals surface area contributed by atoms with Crippen molar-refractivity contribution in [2.45, 2.75) is 54.9 Å². The topological polar surface area (TPSA) is 72.9 Å². The van der Waals surface area contributed by atoms with Crippen LogP contribution in [-0.2, 0) is 14.6 Å². The number of amides is 1. The third-order valence-corrected chi connectivity index (χ3v) is 8.54. The standard InChI is InChI=1S/C23H27NO5S/c1-14(2)15-6-9-17(10-7-15)30(26,27)21-19-13-23(3,24(4)22(21)25)29-20-12-16(28-5)8-11-18(19)20/h6-12,14,19,21H,13H2,1-5H3/t19-,21-,23+/m1/s1. The van der Waals surface area contributed by atoms with Crippen LogP contribution in [0.2, 0.25) is 0 Å². The Hall–Kier alpha value is -2.54. The smallest absolute Gasteiger partial charge is 0.244 e. The molecule has 2 aliphatic heterocycles. The molecule has 30 heavy (non-hydrogen) atoms. The summed E-state index contributed by atoms with van der Waals surface area (Å²) in [6.45, 7) is 5.93. The molecule has 2 aromatic carbocycles. The summed E-state index contributed by atoms with van der Waals surface area (Å²) in [5.74, 6) is 0.534. The van der Waals surface area contributed by atoms with Crippen LogP contribution >= 0.6 is 0 Å². The van der Waals surface area contributed by atoms with Gasteiger partial charge in [0.1, 0.15) is 11.5 Å². The highest BCUT2D eigenvalue weighted by molar-refractivity contribution is 7.92. The number of sulfone groups is 1. The first kappa shape index (κ1) is 20.7. The number of likely N-dealkylation sites (tertiary alicyclic amines) is 1. The lowest BCUT2D eigenvalue weighted by Gasteiger charge is -2.51. The molecule has 2 bridgehead atoms. The molecule has 0 radical (unpaired) electrons. The van der Waals surface area contributed by atoms with Crippen molar-refractivity contribution >= 4 is 15.7 Å². The minimum absolute atomic E-state index is 0.170. The molecule has 3 atom stereocenters. The van der Waals surface area contributed by atoms with E-state index in [1.54, 1.807) is 44.5 Å². The van der Waals surface area contributed by atoms with Gasteiger partial charge in [0.25, 0.3) is 0 Å². The predicted molar refractivity (Wildman–Crippen MR) is 114 cm³/mol. The van der Waals surface area contributed by atoms with Gasteiger partial charge >= 0.3 is 0 Å². The van der Waals surface area contributed by atoms with E-state index in [-0.39, 0.29) is 4.90 Å². The van der Waals surface area contributed by atoms with Crippen molar-refractivity contribution in [3.8, 4) is 11.5 Å². The Labute approximate surface area is 177 Å². The molecule has 7 heteroatoms. The van der Waals surface area contributed by atoms with Crippen molar-refractivity contribution in [2.75, 3.05) is 14.2 Å². The predicted octanol–water partition coefficient (Wildman–Crippen LogP) is 3.72. The summed E-state index contributed by atoms with van der Waals surface area (Å²) < 4.78 is 38.8. The van der Waals surface area contributed by atoms with Gasteiger partial charge in [0.05, 0.1) is 12.0 Å². The SMILES string of the molecule is COc1ccc2c(c1)O[C@@]1(C)C[C@H]2[C@@H](S(=O)(=O)c2ccc(C(C)C)cc2)C(=O)N1C. The molecular formula is C23H27NO5S. The van der Waals surface area contributed by atoms with Crippen molar-refractivity contribution < 1.29 is 22.7 Å². The molecule has 1 amide bonds. The highest BCUT2D eigenvalue weighted by Gasteiger charge is 2.57. The van der Waals surface area contributed by atoms with E-state index in [0.29, 0.717) is 23.8 Å². The van der Waals surface area contributed by atoms with Crippen molar-refractivity contribution in [3.05, 3.63) is 53.6 Å². The molecule has 0 unspecified atom stereocenters. The maximum atomic E-state index is 13.6. The Bertz CT molecular complexity index is 1090. The number of carbonyl (C=O) groups excluding carboxylic acids is 1. The lowest BCUT2D eigenvalue weighted by molar-refractivity contribution is -0.159. The zero-order chi connectivity index (χ0) is 21.8. The first-order chi connectivity index (χ1) is 14.1. The summed E-state index contributed by atoms with van der Waals surface area (Å²) in [4.78, 5) is 14.9. The highest BCUT2D eigenvalue weighted by atomic mass is 32.2. The zero-order valence-corrected chi connectivity index (χ0v) is 18.7. The van der Waals surface area contributed by atoms with Crippen LogP contribution in [0.15, 0.2) is 47.4 Å². The van der Waals surface area contributed by atoms with E-state index in [4.69, 9.17) is 9.47 Å². The monoisotopic (exact) mass is 429 g/mol.